The van der Waals surface area contributed by atoms with Gasteiger partial charge in [0.1, 0.15) is 6.54 Å². The molecule has 0 aromatic carbocycles. The Labute approximate surface area is 86.0 Å². The lowest BCUT2D eigenvalue weighted by atomic mass is 9.96. The smallest absolute Gasteiger partial charge is 0.284 e. The minimum absolute atomic E-state index is 0.0305. The van der Waals surface area contributed by atoms with Crippen LogP contribution < -0.4 is 0 Å². The van der Waals surface area contributed by atoms with Gasteiger partial charge in [0.05, 0.1) is 14.1 Å². The lowest BCUT2D eigenvalue weighted by Crippen LogP contribution is -2.46. The molecule has 0 saturated carbocycles. The van der Waals surface area contributed by atoms with E-state index in [0.717, 1.165) is 0 Å². The zero-order valence-corrected chi connectivity index (χ0v) is 10.3. The third-order valence-electron chi connectivity index (χ3n) is 1.41. The minimum atomic E-state index is -4.05. The molecule has 0 aliphatic carbocycles. The van der Waals surface area contributed by atoms with Crippen LogP contribution in [0.5, 0.6) is 0 Å². The van der Waals surface area contributed by atoms with Gasteiger partial charge in [-0.15, -0.1) is 0 Å². The molecular weight excluding hydrogens is 206 g/mol. The molecule has 0 aromatic heterocycles. The summed E-state index contributed by atoms with van der Waals surface area (Å²) in [5.74, 6) is -0.671. The number of hydrogen-bond donors (Lipinski definition) is 1. The number of nitrogens with zero attached hydrogens (tertiary/aromatic N) is 1. The van der Waals surface area contributed by atoms with Gasteiger partial charge in [-0.2, -0.15) is 17.9 Å². The molecule has 0 aliphatic rings. The van der Waals surface area contributed by atoms with Gasteiger partial charge in [0.2, 0.25) is 5.94 Å². The predicted molar refractivity (Wildman–Crippen MR) is 53.9 cm³/mol. The molecule has 86 valence electrons. The molecule has 6 heteroatoms. The number of rotatable bonds is 4. The van der Waals surface area contributed by atoms with Crippen LogP contribution in [0.4, 0.5) is 0 Å². The highest BCUT2D eigenvalue weighted by atomic mass is 32.2. The normalized spacial score (nSPS) is 14.4. The van der Waals surface area contributed by atoms with Gasteiger partial charge in [-0.05, 0) is 0 Å². The molecule has 0 fully saturated rings. The van der Waals surface area contributed by atoms with Crippen molar-refractivity contribution in [3.05, 3.63) is 0 Å². The van der Waals surface area contributed by atoms with Gasteiger partial charge >= 0.3 is 0 Å². The largest absolute Gasteiger partial charge is 0.295 e. The Balaban J connectivity index is 4.22. The Morgan fingerprint density at radius 1 is 1.29 bits per heavy atom. The van der Waals surface area contributed by atoms with Crippen LogP contribution in [0, 0.1) is 5.41 Å². The van der Waals surface area contributed by atoms with Crippen molar-refractivity contribution < 1.29 is 22.5 Å². The zero-order valence-electron chi connectivity index (χ0n) is 9.44. The van der Waals surface area contributed by atoms with Crippen LogP contribution in [0.1, 0.15) is 20.8 Å². The van der Waals surface area contributed by atoms with E-state index in [1.807, 2.05) is 20.8 Å². The van der Waals surface area contributed by atoms with E-state index in [2.05, 4.69) is 0 Å². The quantitative estimate of drug-likeness (QED) is 0.439. The van der Waals surface area contributed by atoms with Crippen LogP contribution in [-0.2, 0) is 15.0 Å². The van der Waals surface area contributed by atoms with Crippen molar-refractivity contribution >= 4 is 10.1 Å². The first-order chi connectivity index (χ1) is 5.91. The van der Waals surface area contributed by atoms with Gasteiger partial charge < -0.3 is 0 Å². The fourth-order valence-corrected chi connectivity index (χ4v) is 1.82. The van der Waals surface area contributed by atoms with Gasteiger partial charge in [-0.3, -0.25) is 4.55 Å². The monoisotopic (exact) mass is 226 g/mol. The second-order valence-electron chi connectivity index (χ2n) is 5.12. The van der Waals surface area contributed by atoms with Crippen molar-refractivity contribution in [2.24, 2.45) is 5.41 Å². The molecule has 0 bridgehead atoms. The van der Waals surface area contributed by atoms with E-state index in [1.54, 1.807) is 14.1 Å². The first-order valence-corrected chi connectivity index (χ1v) is 5.95. The topological polar surface area (TPSA) is 63.6 Å². The van der Waals surface area contributed by atoms with E-state index >= 15 is 0 Å². The van der Waals surface area contributed by atoms with Crippen molar-refractivity contribution in [2.75, 3.05) is 26.6 Å². The van der Waals surface area contributed by atoms with Gasteiger partial charge in [0, 0.05) is 5.41 Å². The van der Waals surface area contributed by atoms with Crippen molar-refractivity contribution in [1.82, 2.24) is 0 Å². The van der Waals surface area contributed by atoms with Crippen LogP contribution in [-0.4, -0.2) is 44.2 Å². The molecule has 0 saturated heterocycles. The Bertz CT molecular complexity index is 276. The van der Waals surface area contributed by atoms with E-state index < -0.39 is 16.1 Å². The summed E-state index contributed by atoms with van der Waals surface area (Å²) >= 11 is 0. The second kappa shape index (κ2) is 4.14. The Kier molecular flexibility index (Phi) is 4.09. The number of quaternary nitrogens is 1. The van der Waals surface area contributed by atoms with E-state index in [0.29, 0.717) is 6.54 Å². The molecule has 0 spiro atoms. The highest BCUT2D eigenvalue weighted by molar-refractivity contribution is 7.85. The Hall–Kier alpha value is -0.170. The summed E-state index contributed by atoms with van der Waals surface area (Å²) in [6, 6.07) is 0. The summed E-state index contributed by atoms with van der Waals surface area (Å²) in [6.45, 7) is 6.75. The van der Waals surface area contributed by atoms with Crippen LogP contribution in [0.25, 0.3) is 0 Å². The lowest BCUT2D eigenvalue weighted by Gasteiger charge is -2.32. The molecule has 0 atom stereocenters. The predicted octanol–water partition coefficient (Wildman–Crippen LogP) is 0.886. The average Bonchev–Trinajstić information content (AvgIpc) is 1.76. The standard InChI is InChI=1S/C8H19NO4S/c1-8(2,3)6-9(4,5)13-7-14(10,11)12/h6-7H2,1-5H3/p+1. The molecule has 0 heterocycles. The van der Waals surface area contributed by atoms with E-state index in [1.165, 1.54) is 0 Å². The van der Waals surface area contributed by atoms with Gasteiger partial charge in [0.15, 0.2) is 0 Å². The fraction of sp³-hybridized carbons (Fsp3) is 1.00. The summed E-state index contributed by atoms with van der Waals surface area (Å²) in [5, 5.41) is 0. The van der Waals surface area contributed by atoms with Gasteiger partial charge in [-0.1, -0.05) is 20.8 Å². The second-order valence-corrected chi connectivity index (χ2v) is 6.52. The molecule has 0 aromatic rings. The number of hydroxylamine groups is 3. The Morgan fingerprint density at radius 3 is 2.00 bits per heavy atom. The van der Waals surface area contributed by atoms with E-state index in [9.17, 15) is 8.42 Å². The molecule has 0 unspecified atom stereocenters. The van der Waals surface area contributed by atoms with Crippen LogP contribution in [0.3, 0.4) is 0 Å². The lowest BCUT2D eigenvalue weighted by molar-refractivity contribution is -1.08. The minimum Gasteiger partial charge on any atom is -0.284 e. The van der Waals surface area contributed by atoms with Gasteiger partial charge in [-0.25, -0.2) is 0 Å². The summed E-state index contributed by atoms with van der Waals surface area (Å²) < 4.78 is 29.5. The zero-order chi connectivity index (χ0) is 11.6. The molecule has 0 amide bonds. The molecule has 0 rings (SSSR count). The van der Waals surface area contributed by atoms with Crippen LogP contribution in [0.2, 0.25) is 0 Å². The molecule has 1 N–H and O–H groups in total. The maximum atomic E-state index is 10.5. The van der Waals surface area contributed by atoms with E-state index in [-0.39, 0.29) is 10.1 Å². The van der Waals surface area contributed by atoms with Crippen LogP contribution >= 0.6 is 0 Å². The summed E-state index contributed by atoms with van der Waals surface area (Å²) in [4.78, 5) is 5.07. The Morgan fingerprint density at radius 2 is 1.71 bits per heavy atom. The number of hydrogen-bond acceptors (Lipinski definition) is 3. The average molecular weight is 226 g/mol. The fourth-order valence-electron chi connectivity index (χ4n) is 1.40. The molecule has 0 radical (unpaired) electrons. The molecule has 5 nitrogen and oxygen atoms in total. The van der Waals surface area contributed by atoms with Crippen molar-refractivity contribution in [3.8, 4) is 0 Å². The third-order valence-corrected chi connectivity index (χ3v) is 1.81. The first kappa shape index (κ1) is 13.8. The highest BCUT2D eigenvalue weighted by Crippen LogP contribution is 2.18. The third kappa shape index (κ3) is 8.43. The molecule has 14 heavy (non-hydrogen) atoms. The van der Waals surface area contributed by atoms with Crippen molar-refractivity contribution in [2.45, 2.75) is 20.8 Å². The summed E-state index contributed by atoms with van der Waals surface area (Å²) in [6.07, 6.45) is 0. The van der Waals surface area contributed by atoms with Crippen LogP contribution in [0.15, 0.2) is 0 Å². The summed E-state index contributed by atoms with van der Waals surface area (Å²) in [5.41, 5.74) is 0.0305. The maximum absolute atomic E-state index is 10.5. The first-order valence-electron chi connectivity index (χ1n) is 4.34. The van der Waals surface area contributed by atoms with E-state index in [4.69, 9.17) is 9.39 Å². The summed E-state index contributed by atoms with van der Waals surface area (Å²) in [7, 11) is -0.558. The SMILES string of the molecule is CC(C)(C)C[N+](C)(C)OCS(=O)(=O)O. The molecule has 0 aliphatic heterocycles. The van der Waals surface area contributed by atoms with Crippen molar-refractivity contribution in [3.63, 3.8) is 0 Å². The van der Waals surface area contributed by atoms with Crippen molar-refractivity contribution in [1.29, 1.82) is 0 Å². The molecular formula is C8H20NO4S+. The van der Waals surface area contributed by atoms with Gasteiger partial charge in [0.25, 0.3) is 10.1 Å². The maximum Gasteiger partial charge on any atom is 0.295 e. The highest BCUT2D eigenvalue weighted by Gasteiger charge is 2.27.